The van der Waals surface area contributed by atoms with E-state index in [1.165, 1.54) is 17.1 Å². The number of aryl methyl sites for hydroxylation is 1. The van der Waals surface area contributed by atoms with Crippen LogP contribution >= 0.6 is 0 Å². The van der Waals surface area contributed by atoms with E-state index in [1.807, 2.05) is 31.2 Å². The quantitative estimate of drug-likeness (QED) is 0.685. The van der Waals surface area contributed by atoms with Gasteiger partial charge in [-0.15, -0.1) is 0 Å². The number of carbonyl (C=O) groups is 1. The molecule has 24 heavy (non-hydrogen) atoms. The number of hydrogen-bond acceptors (Lipinski definition) is 5. The Kier molecular flexibility index (Phi) is 4.16. The summed E-state index contributed by atoms with van der Waals surface area (Å²) in [5.74, 6) is -0.466. The molecule has 2 aromatic heterocycles. The van der Waals surface area contributed by atoms with E-state index in [0.717, 1.165) is 11.3 Å². The fourth-order valence-electron chi connectivity index (χ4n) is 2.45. The van der Waals surface area contributed by atoms with Gasteiger partial charge in [0.25, 0.3) is 5.56 Å². The van der Waals surface area contributed by atoms with Crippen molar-refractivity contribution in [3.63, 3.8) is 0 Å². The van der Waals surface area contributed by atoms with Gasteiger partial charge in [0.1, 0.15) is 17.8 Å². The van der Waals surface area contributed by atoms with Gasteiger partial charge < -0.3 is 4.74 Å². The molecule has 7 nitrogen and oxygen atoms in total. The number of aromatic nitrogens is 4. The summed E-state index contributed by atoms with van der Waals surface area (Å²) in [6.45, 7) is 5.59. The molecule has 3 rings (SSSR count). The summed E-state index contributed by atoms with van der Waals surface area (Å²) in [6, 6.07) is 7.02. The monoisotopic (exact) mass is 326 g/mol. The fraction of sp³-hybridized carbons (Fsp3) is 0.294. The second-order valence-electron chi connectivity index (χ2n) is 5.51. The standard InChI is InChI=1S/C17H18N4O3/c1-4-24-17(23)12(3)20-10-18-15-14(16(20)22)9-19-21(15)13-7-5-11(2)6-8-13/h5-10,12H,4H2,1-3H3/t12-/m0/s1. The Morgan fingerprint density at radius 2 is 2.00 bits per heavy atom. The average Bonchev–Trinajstić information content (AvgIpc) is 3.00. The second-order valence-corrected chi connectivity index (χ2v) is 5.51. The van der Waals surface area contributed by atoms with Crippen LogP contribution in [0.5, 0.6) is 0 Å². The molecule has 0 aliphatic rings. The summed E-state index contributed by atoms with van der Waals surface area (Å²) >= 11 is 0. The highest BCUT2D eigenvalue weighted by Gasteiger charge is 2.20. The topological polar surface area (TPSA) is 79.0 Å². The van der Waals surface area contributed by atoms with Gasteiger partial charge in [0.2, 0.25) is 0 Å². The van der Waals surface area contributed by atoms with Gasteiger partial charge in [-0.25, -0.2) is 14.5 Å². The van der Waals surface area contributed by atoms with Crippen LogP contribution in [0.2, 0.25) is 0 Å². The molecule has 1 atom stereocenters. The second kappa shape index (κ2) is 6.27. The zero-order valence-corrected chi connectivity index (χ0v) is 13.8. The van der Waals surface area contributed by atoms with Crippen LogP contribution < -0.4 is 5.56 Å². The normalized spacial score (nSPS) is 12.3. The van der Waals surface area contributed by atoms with Crippen LogP contribution in [0.4, 0.5) is 0 Å². The van der Waals surface area contributed by atoms with Crippen LogP contribution in [-0.4, -0.2) is 31.9 Å². The lowest BCUT2D eigenvalue weighted by Crippen LogP contribution is -2.29. The lowest BCUT2D eigenvalue weighted by atomic mass is 10.2. The van der Waals surface area contributed by atoms with Gasteiger partial charge in [-0.3, -0.25) is 9.36 Å². The minimum absolute atomic E-state index is 0.263. The van der Waals surface area contributed by atoms with Crippen molar-refractivity contribution in [2.24, 2.45) is 0 Å². The SMILES string of the molecule is CCOC(=O)[C@H](C)n1cnc2c(cnn2-c2ccc(C)cc2)c1=O. The van der Waals surface area contributed by atoms with Crippen molar-refractivity contribution in [1.29, 1.82) is 0 Å². The van der Waals surface area contributed by atoms with Crippen LogP contribution in [-0.2, 0) is 9.53 Å². The van der Waals surface area contributed by atoms with Crippen molar-refractivity contribution in [1.82, 2.24) is 19.3 Å². The largest absolute Gasteiger partial charge is 0.464 e. The average molecular weight is 326 g/mol. The van der Waals surface area contributed by atoms with Crippen molar-refractivity contribution >= 4 is 17.0 Å². The predicted octanol–water partition coefficient (Wildman–Crippen LogP) is 2.01. The van der Waals surface area contributed by atoms with E-state index in [2.05, 4.69) is 10.1 Å². The molecule has 2 heterocycles. The van der Waals surface area contributed by atoms with Gasteiger partial charge in [0, 0.05) is 0 Å². The van der Waals surface area contributed by atoms with E-state index in [0.29, 0.717) is 11.0 Å². The number of rotatable bonds is 4. The number of fused-ring (bicyclic) bond motifs is 1. The number of hydrogen-bond donors (Lipinski definition) is 0. The van der Waals surface area contributed by atoms with Crippen LogP contribution in [0.25, 0.3) is 16.7 Å². The maximum absolute atomic E-state index is 12.6. The molecule has 0 bridgehead atoms. The van der Waals surface area contributed by atoms with E-state index in [4.69, 9.17) is 4.74 Å². The van der Waals surface area contributed by atoms with Crippen LogP contribution in [0.15, 0.2) is 41.6 Å². The van der Waals surface area contributed by atoms with Gasteiger partial charge in [-0.05, 0) is 32.9 Å². The van der Waals surface area contributed by atoms with Crippen molar-refractivity contribution in [3.8, 4) is 5.69 Å². The fourth-order valence-corrected chi connectivity index (χ4v) is 2.45. The first-order valence-electron chi connectivity index (χ1n) is 7.71. The van der Waals surface area contributed by atoms with Crippen molar-refractivity contribution < 1.29 is 9.53 Å². The molecule has 0 saturated heterocycles. The highest BCUT2D eigenvalue weighted by atomic mass is 16.5. The minimum Gasteiger partial charge on any atom is -0.464 e. The molecular formula is C17H18N4O3. The van der Waals surface area contributed by atoms with E-state index in [9.17, 15) is 9.59 Å². The maximum Gasteiger partial charge on any atom is 0.328 e. The Morgan fingerprint density at radius 3 is 2.67 bits per heavy atom. The van der Waals surface area contributed by atoms with Gasteiger partial charge in [-0.1, -0.05) is 17.7 Å². The predicted molar refractivity (Wildman–Crippen MR) is 89.2 cm³/mol. The first-order chi connectivity index (χ1) is 11.5. The molecule has 0 amide bonds. The minimum atomic E-state index is -0.739. The molecular weight excluding hydrogens is 308 g/mol. The van der Waals surface area contributed by atoms with Gasteiger partial charge in [0.05, 0.1) is 18.5 Å². The zero-order valence-electron chi connectivity index (χ0n) is 13.8. The van der Waals surface area contributed by atoms with Crippen molar-refractivity contribution in [3.05, 3.63) is 52.7 Å². The van der Waals surface area contributed by atoms with Gasteiger partial charge in [0.15, 0.2) is 5.65 Å². The molecule has 0 aliphatic carbocycles. The molecule has 7 heteroatoms. The molecule has 3 aromatic rings. The van der Waals surface area contributed by atoms with Crippen LogP contribution in [0, 0.1) is 6.92 Å². The van der Waals surface area contributed by atoms with E-state index < -0.39 is 12.0 Å². The number of ether oxygens (including phenoxy) is 1. The molecule has 0 aliphatic heterocycles. The summed E-state index contributed by atoms with van der Waals surface area (Å²) in [7, 11) is 0. The Morgan fingerprint density at radius 1 is 1.29 bits per heavy atom. The highest BCUT2D eigenvalue weighted by Crippen LogP contribution is 2.15. The Hall–Kier alpha value is -2.96. The van der Waals surface area contributed by atoms with E-state index >= 15 is 0 Å². The van der Waals surface area contributed by atoms with E-state index in [-0.39, 0.29) is 12.2 Å². The van der Waals surface area contributed by atoms with Gasteiger partial charge >= 0.3 is 5.97 Å². The Bertz CT molecular complexity index is 941. The lowest BCUT2D eigenvalue weighted by molar-refractivity contribution is -0.146. The molecule has 1 aromatic carbocycles. The Labute approximate surface area is 138 Å². The molecule has 0 unspecified atom stereocenters. The lowest BCUT2D eigenvalue weighted by Gasteiger charge is -2.13. The number of esters is 1. The summed E-state index contributed by atoms with van der Waals surface area (Å²) in [5.41, 5.74) is 2.09. The first-order valence-corrected chi connectivity index (χ1v) is 7.71. The maximum atomic E-state index is 12.6. The van der Waals surface area contributed by atoms with Crippen LogP contribution in [0.1, 0.15) is 25.5 Å². The Balaban J connectivity index is 2.07. The molecule has 0 radical (unpaired) electrons. The summed E-state index contributed by atoms with van der Waals surface area (Å²) in [6.07, 6.45) is 2.83. The summed E-state index contributed by atoms with van der Waals surface area (Å²) in [4.78, 5) is 28.8. The number of nitrogens with zero attached hydrogens (tertiary/aromatic N) is 4. The molecule has 0 fully saturated rings. The first kappa shape index (κ1) is 15.9. The smallest absolute Gasteiger partial charge is 0.328 e. The molecule has 124 valence electrons. The summed E-state index contributed by atoms with van der Waals surface area (Å²) in [5, 5.41) is 4.62. The number of carbonyl (C=O) groups excluding carboxylic acids is 1. The highest BCUT2D eigenvalue weighted by molar-refractivity contribution is 5.77. The van der Waals surface area contributed by atoms with Gasteiger partial charge in [-0.2, -0.15) is 5.10 Å². The van der Waals surface area contributed by atoms with Crippen molar-refractivity contribution in [2.45, 2.75) is 26.8 Å². The zero-order chi connectivity index (χ0) is 17.3. The molecule has 0 N–H and O–H groups in total. The molecule has 0 spiro atoms. The third-order valence-corrected chi connectivity index (χ3v) is 3.84. The van der Waals surface area contributed by atoms with E-state index in [1.54, 1.807) is 18.5 Å². The van der Waals surface area contributed by atoms with Crippen LogP contribution in [0.3, 0.4) is 0 Å². The third kappa shape index (κ3) is 2.68. The third-order valence-electron chi connectivity index (χ3n) is 3.84. The molecule has 0 saturated carbocycles. The van der Waals surface area contributed by atoms with Crippen molar-refractivity contribution in [2.75, 3.05) is 6.61 Å². The summed E-state index contributed by atoms with van der Waals surface area (Å²) < 4.78 is 7.84. The number of benzene rings is 1.